The predicted molar refractivity (Wildman–Crippen MR) is 28.7 cm³/mol. The molecule has 1 nitrogen and oxygen atoms in total. The van der Waals surface area contributed by atoms with E-state index in [9.17, 15) is 0 Å². The molecule has 4 heteroatoms. The van der Waals surface area contributed by atoms with E-state index >= 15 is 0 Å². The summed E-state index contributed by atoms with van der Waals surface area (Å²) in [5, 5.41) is 0. The second kappa shape index (κ2) is 33.8. The van der Waals surface area contributed by atoms with Crippen molar-refractivity contribution in [3.8, 4) is 0 Å². The van der Waals surface area contributed by atoms with Crippen molar-refractivity contribution in [2.24, 2.45) is 0 Å². The molecule has 1 atom stereocenters. The summed E-state index contributed by atoms with van der Waals surface area (Å²) in [6, 6.07) is 0. The highest BCUT2D eigenvalue weighted by atomic mass is 31.0. The van der Waals surface area contributed by atoms with Crippen LogP contribution in [0.15, 0.2) is 0 Å². The Kier molecular flexibility index (Phi) is 166. The van der Waals surface area contributed by atoms with Crippen molar-refractivity contribution >= 4 is 36.4 Å². The summed E-state index contributed by atoms with van der Waals surface area (Å²) in [5.41, 5.74) is 0. The molecule has 0 heterocycles. The number of rotatable bonds is 0. The highest BCUT2D eigenvalue weighted by Crippen LogP contribution is 1.23. The summed E-state index contributed by atoms with van der Waals surface area (Å²) in [6.07, 6.45) is 0. The second-order valence-electron chi connectivity index (χ2n) is 0. The molecule has 4 heavy (non-hydrogen) atoms. The van der Waals surface area contributed by atoms with Gasteiger partial charge in [0.15, 0.2) is 17.4 Å². The minimum absolute atomic E-state index is 0. The fourth-order valence-corrected chi connectivity index (χ4v) is 0. The lowest BCUT2D eigenvalue weighted by molar-refractivity contribution is 0.607. The molecule has 0 fully saturated rings. The molecule has 0 aromatic rings. The normalized spacial score (nSPS) is 1.00. The summed E-state index contributed by atoms with van der Waals surface area (Å²) >= 11 is 0. The topological polar surface area (TPSA) is 17.1 Å². The smallest absolute Gasteiger partial charge is 0.261 e. The Morgan fingerprint density at radius 2 is 1.25 bits per heavy atom. The molecule has 1 radical (unpaired) electrons. The van der Waals surface area contributed by atoms with E-state index in [1.165, 1.54) is 0 Å². The fourth-order valence-electron chi connectivity index (χ4n) is 0. The Bertz CT molecular complexity index is 6.00. The first-order chi connectivity index (χ1) is 1.00. The van der Waals surface area contributed by atoms with Gasteiger partial charge >= 0.3 is 0 Å². The Labute approximate surface area is 41.5 Å². The van der Waals surface area contributed by atoms with E-state index in [1.807, 2.05) is 0 Å². The molecule has 0 aromatic carbocycles. The van der Waals surface area contributed by atoms with Gasteiger partial charge in [-0.25, -0.2) is 0 Å². The van der Waals surface area contributed by atoms with Crippen molar-refractivity contribution in [1.29, 1.82) is 0 Å². The van der Waals surface area contributed by atoms with Gasteiger partial charge in [-0.3, -0.25) is 4.57 Å². The molecule has 0 aliphatic rings. The lowest BCUT2D eigenvalue weighted by atomic mass is 16.0. The first-order valence-electron chi connectivity index (χ1n) is 0.183. The van der Waals surface area contributed by atoms with Crippen molar-refractivity contribution in [2.45, 2.75) is 0 Å². The first kappa shape index (κ1) is 19.6. The predicted octanol–water partition coefficient (Wildman–Crippen LogP) is -0.383. The van der Waals surface area contributed by atoms with Crippen LogP contribution < -0.4 is 0 Å². The third-order valence-electron chi connectivity index (χ3n) is 0. The van der Waals surface area contributed by atoms with Gasteiger partial charge in [0, 0.05) is 0 Å². The third-order valence-corrected chi connectivity index (χ3v) is 0. The van der Waals surface area contributed by atoms with Crippen LogP contribution in [0.3, 0.4) is 0 Å². The lowest BCUT2D eigenvalue weighted by Gasteiger charge is -0.754. The minimum Gasteiger partial charge on any atom is -0.261 e. The Hall–Kier alpha value is 1.06. The monoisotopic (exact) mass is 111 g/mol. The van der Waals surface area contributed by atoms with Gasteiger partial charge in [0.25, 0.3) is 9.12 Å². The van der Waals surface area contributed by atoms with Crippen LogP contribution >= 0.6 is 19.0 Å². The van der Waals surface area contributed by atoms with Crippen LogP contribution in [-0.2, 0) is 4.57 Å². The second-order valence-corrected chi connectivity index (χ2v) is 0. The molecule has 0 spiro atoms. The maximum absolute atomic E-state index is 7.94. The average molecular weight is 111 g/mol. The van der Waals surface area contributed by atoms with Crippen LogP contribution in [0.2, 0.25) is 0 Å². The molecular formula is H6AlOP2. The van der Waals surface area contributed by atoms with E-state index in [-0.39, 0.29) is 27.3 Å². The SMILES string of the molecule is O=[P].P.[AlH3]. The van der Waals surface area contributed by atoms with Crippen LogP contribution in [0.1, 0.15) is 0 Å². The van der Waals surface area contributed by atoms with Gasteiger partial charge in [0.2, 0.25) is 0 Å². The van der Waals surface area contributed by atoms with E-state index in [1.54, 1.807) is 0 Å². The molecule has 0 amide bonds. The molecule has 0 aliphatic heterocycles. The Morgan fingerprint density at radius 3 is 1.25 bits per heavy atom. The average Bonchev–Trinajstić information content (AvgIpc) is 1.00. The minimum atomic E-state index is 0. The molecule has 25 valence electrons. The molecule has 0 saturated carbocycles. The van der Waals surface area contributed by atoms with Crippen molar-refractivity contribution < 1.29 is 4.57 Å². The van der Waals surface area contributed by atoms with Crippen LogP contribution in [0.25, 0.3) is 0 Å². The summed E-state index contributed by atoms with van der Waals surface area (Å²) in [7, 11) is 2.28. The van der Waals surface area contributed by atoms with Crippen LogP contribution in [0, 0.1) is 0 Å². The number of hydrogen-bond acceptors (Lipinski definition) is 1. The zero-order valence-electron chi connectivity index (χ0n) is 1.56. The van der Waals surface area contributed by atoms with Gasteiger partial charge in [0.05, 0.1) is 0 Å². The molecule has 1 unspecified atom stereocenters. The zero-order valence-corrected chi connectivity index (χ0v) is 3.87. The van der Waals surface area contributed by atoms with E-state index in [4.69, 9.17) is 4.57 Å². The van der Waals surface area contributed by atoms with E-state index in [0.29, 0.717) is 0 Å². The Balaban J connectivity index is -0.00000000500. The van der Waals surface area contributed by atoms with E-state index in [2.05, 4.69) is 9.12 Å². The van der Waals surface area contributed by atoms with Gasteiger partial charge < -0.3 is 0 Å². The fraction of sp³-hybridized carbons (Fsp3) is 0. The summed E-state index contributed by atoms with van der Waals surface area (Å²) in [5.74, 6) is 0. The summed E-state index contributed by atoms with van der Waals surface area (Å²) < 4.78 is 7.94. The van der Waals surface area contributed by atoms with Gasteiger partial charge in [-0.05, 0) is 0 Å². The van der Waals surface area contributed by atoms with Crippen molar-refractivity contribution in [1.82, 2.24) is 0 Å². The van der Waals surface area contributed by atoms with Crippen molar-refractivity contribution in [3.63, 3.8) is 0 Å². The maximum atomic E-state index is 7.94. The van der Waals surface area contributed by atoms with Gasteiger partial charge in [-0.2, -0.15) is 9.90 Å². The molecule has 0 N–H and O–H groups in total. The molecule has 0 aromatic heterocycles. The summed E-state index contributed by atoms with van der Waals surface area (Å²) in [6.45, 7) is 0. The molecule has 0 rings (SSSR count). The summed E-state index contributed by atoms with van der Waals surface area (Å²) in [4.78, 5) is 0. The van der Waals surface area contributed by atoms with Crippen molar-refractivity contribution in [2.75, 3.05) is 0 Å². The highest BCUT2D eigenvalue weighted by Gasteiger charge is 0.754. The quantitative estimate of drug-likeness (QED) is 0.307. The van der Waals surface area contributed by atoms with E-state index < -0.39 is 0 Å². The lowest BCUT2D eigenvalue weighted by Crippen LogP contribution is -0.489. The maximum Gasteiger partial charge on any atom is 0.261 e. The van der Waals surface area contributed by atoms with Gasteiger partial charge in [0.1, 0.15) is 0 Å². The van der Waals surface area contributed by atoms with Crippen LogP contribution in [-0.4, -0.2) is 17.4 Å². The van der Waals surface area contributed by atoms with Gasteiger partial charge in [-0.15, -0.1) is 0 Å². The standard InChI is InChI=1S/Al.OP.H3P.3H/c;1-2;;;;/h;;1H3;;;. The van der Waals surface area contributed by atoms with Gasteiger partial charge in [-0.1, -0.05) is 0 Å². The van der Waals surface area contributed by atoms with E-state index in [0.717, 1.165) is 0 Å². The third kappa shape index (κ3) is 11.5. The van der Waals surface area contributed by atoms with Crippen molar-refractivity contribution in [3.05, 3.63) is 0 Å². The molecular weight excluding hydrogens is 105 g/mol. The Morgan fingerprint density at radius 1 is 1.25 bits per heavy atom. The zero-order chi connectivity index (χ0) is 2.00. The largest absolute Gasteiger partial charge is 0.261 e. The highest BCUT2D eigenvalue weighted by molar-refractivity contribution is 7.00. The molecule has 0 saturated heterocycles. The van der Waals surface area contributed by atoms with Crippen LogP contribution in [0.5, 0.6) is 0 Å². The molecule has 0 aliphatic carbocycles. The number of hydrogen-bond donors (Lipinski definition) is 0. The molecule has 0 bridgehead atoms. The van der Waals surface area contributed by atoms with Crippen LogP contribution in [0.4, 0.5) is 0 Å². The first-order valence-corrected chi connectivity index (χ1v) is 0.548.